The van der Waals surface area contributed by atoms with Crippen LogP contribution >= 0.6 is 0 Å². The second-order valence-corrected chi connectivity index (χ2v) is 8.01. The molecule has 0 atom stereocenters. The van der Waals surface area contributed by atoms with Gasteiger partial charge in [0.15, 0.2) is 0 Å². The summed E-state index contributed by atoms with van der Waals surface area (Å²) in [7, 11) is -1.18. The van der Waals surface area contributed by atoms with Crippen molar-refractivity contribution in [3.8, 4) is 0 Å². The molecule has 2 aliphatic rings. The molecule has 5 heteroatoms. The number of rotatable bonds is 2. The Labute approximate surface area is 115 Å². The van der Waals surface area contributed by atoms with E-state index in [-0.39, 0.29) is 5.41 Å². The van der Waals surface area contributed by atoms with Gasteiger partial charge in [0.05, 0.1) is 4.90 Å². The summed E-state index contributed by atoms with van der Waals surface area (Å²) in [6, 6.07) is 7.12. The van der Waals surface area contributed by atoms with Crippen LogP contribution in [0.5, 0.6) is 0 Å². The van der Waals surface area contributed by atoms with Crippen LogP contribution in [0.15, 0.2) is 29.2 Å². The zero-order valence-electron chi connectivity index (χ0n) is 11.5. The molecule has 0 amide bonds. The number of nitrogens with zero attached hydrogens (tertiary/aromatic N) is 2. The SMILES string of the molecule is Cc1ccc(S(=O)(=O)N2CC3(CCN(C)C3)C2)cc1. The van der Waals surface area contributed by atoms with E-state index in [9.17, 15) is 8.42 Å². The second-order valence-electron chi connectivity index (χ2n) is 6.07. The normalized spacial score (nSPS) is 23.7. The molecule has 0 N–H and O–H groups in total. The molecule has 0 aliphatic carbocycles. The Hall–Kier alpha value is -0.910. The summed E-state index contributed by atoms with van der Waals surface area (Å²) in [5.41, 5.74) is 1.29. The number of likely N-dealkylation sites (tertiary alicyclic amines) is 1. The van der Waals surface area contributed by atoms with E-state index in [0.717, 1.165) is 25.1 Å². The maximum atomic E-state index is 12.5. The maximum absolute atomic E-state index is 12.5. The van der Waals surface area contributed by atoms with Gasteiger partial charge in [0, 0.05) is 25.0 Å². The number of hydrogen-bond acceptors (Lipinski definition) is 3. The molecule has 0 bridgehead atoms. The van der Waals surface area contributed by atoms with Gasteiger partial charge in [-0.3, -0.25) is 0 Å². The molecule has 0 saturated carbocycles. The van der Waals surface area contributed by atoms with Crippen molar-refractivity contribution in [3.63, 3.8) is 0 Å². The zero-order valence-corrected chi connectivity index (χ0v) is 12.3. The lowest BCUT2D eigenvalue weighted by molar-refractivity contribution is 0.0812. The fourth-order valence-corrected chi connectivity index (χ4v) is 4.81. The highest BCUT2D eigenvalue weighted by atomic mass is 32.2. The van der Waals surface area contributed by atoms with E-state index in [1.165, 1.54) is 0 Å². The van der Waals surface area contributed by atoms with Crippen LogP contribution < -0.4 is 0 Å². The lowest BCUT2D eigenvalue weighted by atomic mass is 9.81. The molecule has 19 heavy (non-hydrogen) atoms. The molecule has 104 valence electrons. The summed E-state index contributed by atoms with van der Waals surface area (Å²) < 4.78 is 26.5. The van der Waals surface area contributed by atoms with Gasteiger partial charge in [0.25, 0.3) is 0 Å². The van der Waals surface area contributed by atoms with Gasteiger partial charge in [0.2, 0.25) is 10.0 Å². The summed E-state index contributed by atoms with van der Waals surface area (Å²) in [4.78, 5) is 2.70. The van der Waals surface area contributed by atoms with E-state index >= 15 is 0 Å². The Balaban J connectivity index is 1.75. The molecular weight excluding hydrogens is 260 g/mol. The van der Waals surface area contributed by atoms with Gasteiger partial charge in [-0.15, -0.1) is 0 Å². The Morgan fingerprint density at radius 1 is 1.11 bits per heavy atom. The number of benzene rings is 1. The molecule has 2 aliphatic heterocycles. The maximum Gasteiger partial charge on any atom is 0.243 e. The molecule has 1 spiro atoms. The molecule has 2 saturated heterocycles. The highest BCUT2D eigenvalue weighted by Crippen LogP contribution is 2.41. The van der Waals surface area contributed by atoms with Crippen LogP contribution in [0.1, 0.15) is 12.0 Å². The molecule has 0 aromatic heterocycles. The summed E-state index contributed by atoms with van der Waals surface area (Å²) in [6.07, 6.45) is 1.11. The first-order chi connectivity index (χ1) is 8.91. The quantitative estimate of drug-likeness (QED) is 0.820. The molecular formula is C14H20N2O2S. The van der Waals surface area contributed by atoms with E-state index in [1.54, 1.807) is 16.4 Å². The van der Waals surface area contributed by atoms with Crippen LogP contribution in [-0.4, -0.2) is 50.8 Å². The van der Waals surface area contributed by atoms with Gasteiger partial charge in [-0.1, -0.05) is 17.7 Å². The fraction of sp³-hybridized carbons (Fsp3) is 0.571. The van der Waals surface area contributed by atoms with Crippen molar-refractivity contribution in [1.29, 1.82) is 0 Å². The van der Waals surface area contributed by atoms with Gasteiger partial charge in [-0.25, -0.2) is 8.42 Å². The molecule has 2 heterocycles. The van der Waals surface area contributed by atoms with Crippen molar-refractivity contribution >= 4 is 10.0 Å². The number of sulfonamides is 1. The van der Waals surface area contributed by atoms with Gasteiger partial charge in [0.1, 0.15) is 0 Å². The highest BCUT2D eigenvalue weighted by molar-refractivity contribution is 7.89. The molecule has 2 fully saturated rings. The van der Waals surface area contributed by atoms with Crippen LogP contribution in [0.2, 0.25) is 0 Å². The smallest absolute Gasteiger partial charge is 0.243 e. The average Bonchev–Trinajstić information content (AvgIpc) is 2.70. The fourth-order valence-electron chi connectivity index (χ4n) is 3.15. The molecule has 1 aromatic rings. The third-order valence-corrected chi connectivity index (χ3v) is 6.12. The zero-order chi connectivity index (χ0) is 13.7. The molecule has 4 nitrogen and oxygen atoms in total. The standard InChI is InChI=1S/C14H20N2O2S/c1-12-3-5-13(6-4-12)19(17,18)16-10-14(11-16)7-8-15(2)9-14/h3-6H,7-11H2,1-2H3. The molecule has 0 radical (unpaired) electrons. The minimum Gasteiger partial charge on any atom is -0.306 e. The third-order valence-electron chi connectivity index (χ3n) is 4.31. The van der Waals surface area contributed by atoms with Crippen LogP contribution in [0.3, 0.4) is 0 Å². The van der Waals surface area contributed by atoms with Gasteiger partial charge in [-0.05, 0) is 39.1 Å². The third kappa shape index (κ3) is 2.20. The van der Waals surface area contributed by atoms with E-state index in [0.29, 0.717) is 18.0 Å². The number of hydrogen-bond donors (Lipinski definition) is 0. The van der Waals surface area contributed by atoms with Crippen LogP contribution in [-0.2, 0) is 10.0 Å². The van der Waals surface area contributed by atoms with E-state index < -0.39 is 10.0 Å². The van der Waals surface area contributed by atoms with Crippen molar-refractivity contribution in [3.05, 3.63) is 29.8 Å². The Kier molecular flexibility index (Phi) is 2.96. The summed E-state index contributed by atoms with van der Waals surface area (Å²) in [6.45, 7) is 5.41. The minimum atomic E-state index is -3.29. The summed E-state index contributed by atoms with van der Waals surface area (Å²) >= 11 is 0. The summed E-state index contributed by atoms with van der Waals surface area (Å²) in [5.74, 6) is 0. The monoisotopic (exact) mass is 280 g/mol. The van der Waals surface area contributed by atoms with Crippen molar-refractivity contribution in [2.75, 3.05) is 33.2 Å². The molecule has 3 rings (SSSR count). The van der Waals surface area contributed by atoms with E-state index in [1.807, 2.05) is 19.1 Å². The first-order valence-electron chi connectivity index (χ1n) is 6.67. The van der Waals surface area contributed by atoms with Crippen molar-refractivity contribution < 1.29 is 8.42 Å². The Morgan fingerprint density at radius 2 is 1.74 bits per heavy atom. The van der Waals surface area contributed by atoms with Crippen LogP contribution in [0.25, 0.3) is 0 Å². The van der Waals surface area contributed by atoms with Crippen molar-refractivity contribution in [2.24, 2.45) is 5.41 Å². The Bertz CT molecular complexity index is 574. The van der Waals surface area contributed by atoms with Crippen molar-refractivity contribution in [1.82, 2.24) is 9.21 Å². The molecule has 0 unspecified atom stereocenters. The largest absolute Gasteiger partial charge is 0.306 e. The highest BCUT2D eigenvalue weighted by Gasteiger charge is 2.50. The molecule has 1 aromatic carbocycles. The average molecular weight is 280 g/mol. The van der Waals surface area contributed by atoms with Crippen LogP contribution in [0, 0.1) is 12.3 Å². The van der Waals surface area contributed by atoms with E-state index in [4.69, 9.17) is 0 Å². The first kappa shape index (κ1) is 13.1. The van der Waals surface area contributed by atoms with Gasteiger partial charge in [-0.2, -0.15) is 4.31 Å². The first-order valence-corrected chi connectivity index (χ1v) is 8.11. The summed E-state index contributed by atoms with van der Waals surface area (Å²) in [5, 5.41) is 0. The lowest BCUT2D eigenvalue weighted by Crippen LogP contribution is -2.59. The Morgan fingerprint density at radius 3 is 2.26 bits per heavy atom. The van der Waals surface area contributed by atoms with E-state index in [2.05, 4.69) is 11.9 Å². The van der Waals surface area contributed by atoms with Crippen LogP contribution in [0.4, 0.5) is 0 Å². The van der Waals surface area contributed by atoms with Crippen molar-refractivity contribution in [2.45, 2.75) is 18.2 Å². The second kappa shape index (κ2) is 4.30. The van der Waals surface area contributed by atoms with Gasteiger partial charge < -0.3 is 4.90 Å². The lowest BCUT2D eigenvalue weighted by Gasteiger charge is -2.46. The topological polar surface area (TPSA) is 40.6 Å². The predicted molar refractivity (Wildman–Crippen MR) is 74.5 cm³/mol. The predicted octanol–water partition coefficient (Wildman–Crippen LogP) is 1.32. The number of aryl methyl sites for hydroxylation is 1. The minimum absolute atomic E-state index is 0.215. The van der Waals surface area contributed by atoms with Gasteiger partial charge >= 0.3 is 0 Å².